The van der Waals surface area contributed by atoms with E-state index in [4.69, 9.17) is 11.5 Å². The summed E-state index contributed by atoms with van der Waals surface area (Å²) in [4.78, 5) is 10.7. The smallest absolute Gasteiger partial charge is 0.249 e. The molecule has 0 spiro atoms. The maximum atomic E-state index is 10.7. The number of rotatable bonds is 1. The van der Waals surface area contributed by atoms with Gasteiger partial charge in [0, 0.05) is 11.3 Å². The Morgan fingerprint density at radius 1 is 1.45 bits per heavy atom. The number of aryl methyl sites for hydroxylation is 1. The Balaban J connectivity index is 3.23. The lowest BCUT2D eigenvalue weighted by Gasteiger charge is -2.01. The van der Waals surface area contributed by atoms with Gasteiger partial charge in [-0.25, -0.2) is 0 Å². The summed E-state index contributed by atoms with van der Waals surface area (Å²) in [6.07, 6.45) is 0. The summed E-state index contributed by atoms with van der Waals surface area (Å²) in [6.45, 7) is 1.82. The molecule has 0 saturated carbocycles. The van der Waals surface area contributed by atoms with Crippen molar-refractivity contribution in [1.82, 2.24) is 0 Å². The summed E-state index contributed by atoms with van der Waals surface area (Å²) in [5, 5.41) is 0. The first-order valence-electron chi connectivity index (χ1n) is 3.27. The molecule has 1 aromatic carbocycles. The van der Waals surface area contributed by atoms with Gasteiger partial charge in [0.05, 0.1) is 0 Å². The number of primary amides is 1. The third-order valence-electron chi connectivity index (χ3n) is 1.53. The molecular weight excluding hydrogens is 140 g/mol. The van der Waals surface area contributed by atoms with Crippen molar-refractivity contribution in [3.8, 4) is 0 Å². The lowest BCUT2D eigenvalue weighted by Crippen LogP contribution is -2.12. The number of nitrogens with two attached hydrogens (primary N) is 2. The maximum Gasteiger partial charge on any atom is 0.249 e. The van der Waals surface area contributed by atoms with Crippen LogP contribution >= 0.6 is 0 Å². The average molecular weight is 150 g/mol. The first-order chi connectivity index (χ1) is 5.11. The minimum atomic E-state index is -0.435. The number of hydrogen-bond donors (Lipinski definition) is 2. The van der Waals surface area contributed by atoms with Crippen LogP contribution in [0.5, 0.6) is 0 Å². The molecule has 1 rings (SSSR count). The predicted octanol–water partition coefficient (Wildman–Crippen LogP) is 0.676. The number of hydrogen-bond acceptors (Lipinski definition) is 2. The van der Waals surface area contributed by atoms with E-state index in [1.54, 1.807) is 18.2 Å². The van der Waals surface area contributed by atoms with E-state index in [1.807, 2.05) is 6.92 Å². The fourth-order valence-corrected chi connectivity index (χ4v) is 0.905. The summed E-state index contributed by atoms with van der Waals surface area (Å²) < 4.78 is 0. The topological polar surface area (TPSA) is 69.1 Å². The minimum Gasteiger partial charge on any atom is -0.399 e. The second-order valence-electron chi connectivity index (χ2n) is 2.44. The first kappa shape index (κ1) is 7.60. The van der Waals surface area contributed by atoms with Crippen LogP contribution in [0.1, 0.15) is 15.9 Å². The van der Waals surface area contributed by atoms with Crippen LogP contribution in [0.3, 0.4) is 0 Å². The molecule has 58 valence electrons. The van der Waals surface area contributed by atoms with Crippen molar-refractivity contribution in [2.75, 3.05) is 5.73 Å². The van der Waals surface area contributed by atoms with Crippen molar-refractivity contribution in [1.29, 1.82) is 0 Å². The van der Waals surface area contributed by atoms with Gasteiger partial charge in [0.2, 0.25) is 5.91 Å². The first-order valence-corrected chi connectivity index (χ1v) is 3.27. The highest BCUT2D eigenvalue weighted by Gasteiger charge is 2.03. The van der Waals surface area contributed by atoms with E-state index in [1.165, 1.54) is 0 Å². The summed E-state index contributed by atoms with van der Waals surface area (Å²) in [7, 11) is 0. The van der Waals surface area contributed by atoms with Gasteiger partial charge in [0.25, 0.3) is 0 Å². The Bertz CT molecular complexity index is 294. The Labute approximate surface area is 65.0 Å². The molecule has 0 aliphatic rings. The van der Waals surface area contributed by atoms with Gasteiger partial charge in [-0.1, -0.05) is 6.07 Å². The molecule has 0 atom stereocenters. The normalized spacial score (nSPS) is 9.55. The number of anilines is 1. The van der Waals surface area contributed by atoms with E-state index in [2.05, 4.69) is 0 Å². The molecule has 0 aliphatic carbocycles. The van der Waals surface area contributed by atoms with Crippen LogP contribution in [-0.2, 0) is 0 Å². The molecule has 0 unspecified atom stereocenters. The maximum absolute atomic E-state index is 10.7. The Morgan fingerprint density at radius 2 is 2.09 bits per heavy atom. The summed E-state index contributed by atoms with van der Waals surface area (Å²) in [5.41, 5.74) is 12.5. The van der Waals surface area contributed by atoms with Crippen LogP contribution in [0.15, 0.2) is 18.2 Å². The van der Waals surface area contributed by atoms with Gasteiger partial charge in [-0.3, -0.25) is 4.79 Å². The molecule has 3 heteroatoms. The molecule has 11 heavy (non-hydrogen) atoms. The Hall–Kier alpha value is -1.51. The number of carbonyl (C=O) groups is 1. The standard InChI is InChI=1S/C8H10N2O/c1-5-2-3-6(9)4-7(5)8(10)11/h2-4H,9H2,1H3,(H2,10,11). The molecule has 0 saturated heterocycles. The minimum absolute atomic E-state index is 0.435. The van der Waals surface area contributed by atoms with E-state index in [9.17, 15) is 4.79 Å². The number of benzene rings is 1. The summed E-state index contributed by atoms with van der Waals surface area (Å²) >= 11 is 0. The third-order valence-corrected chi connectivity index (χ3v) is 1.53. The molecule has 0 aromatic heterocycles. The van der Waals surface area contributed by atoms with Crippen molar-refractivity contribution in [3.05, 3.63) is 29.3 Å². The molecule has 0 fully saturated rings. The second kappa shape index (κ2) is 2.62. The van der Waals surface area contributed by atoms with Gasteiger partial charge in [-0.15, -0.1) is 0 Å². The molecule has 1 aromatic rings. The van der Waals surface area contributed by atoms with E-state index in [-0.39, 0.29) is 0 Å². The number of nitrogen functional groups attached to an aromatic ring is 1. The van der Waals surface area contributed by atoms with Crippen LogP contribution in [0.2, 0.25) is 0 Å². The molecule has 0 bridgehead atoms. The number of amides is 1. The van der Waals surface area contributed by atoms with Crippen LogP contribution in [0.4, 0.5) is 5.69 Å². The fraction of sp³-hybridized carbons (Fsp3) is 0.125. The zero-order valence-electron chi connectivity index (χ0n) is 6.29. The van der Waals surface area contributed by atoms with Crippen molar-refractivity contribution >= 4 is 11.6 Å². The van der Waals surface area contributed by atoms with Gasteiger partial charge in [-0.05, 0) is 24.6 Å². The highest BCUT2D eigenvalue weighted by molar-refractivity contribution is 5.95. The Morgan fingerprint density at radius 3 is 2.55 bits per heavy atom. The van der Waals surface area contributed by atoms with Gasteiger partial charge >= 0.3 is 0 Å². The van der Waals surface area contributed by atoms with Crippen molar-refractivity contribution < 1.29 is 4.79 Å². The molecule has 0 heterocycles. The largest absolute Gasteiger partial charge is 0.399 e. The fourth-order valence-electron chi connectivity index (χ4n) is 0.905. The third kappa shape index (κ3) is 1.49. The SMILES string of the molecule is Cc1ccc(N)cc1C(N)=O. The van der Waals surface area contributed by atoms with Gasteiger partial charge in [0.1, 0.15) is 0 Å². The number of carbonyl (C=O) groups excluding carboxylic acids is 1. The van der Waals surface area contributed by atoms with Crippen LogP contribution in [-0.4, -0.2) is 5.91 Å². The van der Waals surface area contributed by atoms with E-state index in [0.717, 1.165) is 5.56 Å². The van der Waals surface area contributed by atoms with E-state index in [0.29, 0.717) is 11.3 Å². The zero-order chi connectivity index (χ0) is 8.43. The van der Waals surface area contributed by atoms with Gasteiger partial charge < -0.3 is 11.5 Å². The molecule has 1 amide bonds. The average Bonchev–Trinajstić information content (AvgIpc) is 1.94. The highest BCUT2D eigenvalue weighted by Crippen LogP contribution is 2.11. The van der Waals surface area contributed by atoms with Gasteiger partial charge in [0.15, 0.2) is 0 Å². The van der Waals surface area contributed by atoms with Crippen LogP contribution < -0.4 is 11.5 Å². The molecular formula is C8H10N2O. The van der Waals surface area contributed by atoms with Crippen LogP contribution in [0.25, 0.3) is 0 Å². The molecule has 0 aliphatic heterocycles. The second-order valence-corrected chi connectivity index (χ2v) is 2.44. The van der Waals surface area contributed by atoms with Gasteiger partial charge in [-0.2, -0.15) is 0 Å². The van der Waals surface area contributed by atoms with Crippen LogP contribution in [0, 0.1) is 6.92 Å². The van der Waals surface area contributed by atoms with E-state index >= 15 is 0 Å². The van der Waals surface area contributed by atoms with E-state index < -0.39 is 5.91 Å². The summed E-state index contributed by atoms with van der Waals surface area (Å²) in [6, 6.07) is 5.09. The zero-order valence-corrected chi connectivity index (χ0v) is 6.29. The van der Waals surface area contributed by atoms with Crippen molar-refractivity contribution in [3.63, 3.8) is 0 Å². The lowest BCUT2D eigenvalue weighted by atomic mass is 10.1. The lowest BCUT2D eigenvalue weighted by molar-refractivity contribution is 0.1000. The highest BCUT2D eigenvalue weighted by atomic mass is 16.1. The van der Waals surface area contributed by atoms with Crippen molar-refractivity contribution in [2.24, 2.45) is 5.73 Å². The summed E-state index contributed by atoms with van der Waals surface area (Å²) in [5.74, 6) is -0.435. The molecule has 0 radical (unpaired) electrons. The monoisotopic (exact) mass is 150 g/mol. The Kier molecular flexibility index (Phi) is 1.81. The molecule has 4 N–H and O–H groups in total. The van der Waals surface area contributed by atoms with Crippen molar-refractivity contribution in [2.45, 2.75) is 6.92 Å². The molecule has 3 nitrogen and oxygen atoms in total. The quantitative estimate of drug-likeness (QED) is 0.578. The predicted molar refractivity (Wildman–Crippen MR) is 44.1 cm³/mol.